The van der Waals surface area contributed by atoms with Crippen LogP contribution in [0.3, 0.4) is 0 Å². The van der Waals surface area contributed by atoms with Crippen LogP contribution in [0.5, 0.6) is 0 Å². The number of aromatic carboxylic acids is 1. The van der Waals surface area contributed by atoms with Gasteiger partial charge in [-0.1, -0.05) is 6.07 Å². The van der Waals surface area contributed by atoms with Gasteiger partial charge in [0.1, 0.15) is 16.3 Å². The molecule has 0 fully saturated rings. The summed E-state index contributed by atoms with van der Waals surface area (Å²) < 4.78 is 46.0. The molecule has 29 heavy (non-hydrogen) atoms. The highest BCUT2D eigenvalue weighted by atomic mass is 79.9. The fraction of sp³-hybridized carbons (Fsp3) is 0. The number of hydrogen-bond donors (Lipinski definition) is 3. The van der Waals surface area contributed by atoms with Gasteiger partial charge in [0.05, 0.1) is 17.5 Å². The second-order valence-electron chi connectivity index (χ2n) is 6.01. The summed E-state index contributed by atoms with van der Waals surface area (Å²) in [6.45, 7) is 0. The predicted molar refractivity (Wildman–Crippen MR) is 106 cm³/mol. The van der Waals surface area contributed by atoms with Crippen molar-refractivity contribution in [3.63, 3.8) is 0 Å². The van der Waals surface area contributed by atoms with E-state index in [0.29, 0.717) is 10.8 Å². The monoisotopic (exact) mass is 480 g/mol. The first-order chi connectivity index (χ1) is 13.7. The predicted octanol–water partition coefficient (Wildman–Crippen LogP) is 3.67. The zero-order chi connectivity index (χ0) is 20.9. The van der Waals surface area contributed by atoms with E-state index >= 15 is 0 Å². The highest BCUT2D eigenvalue weighted by molar-refractivity contribution is 9.10. The summed E-state index contributed by atoms with van der Waals surface area (Å²) in [7, 11) is -4.26. The van der Waals surface area contributed by atoms with E-state index in [1.165, 1.54) is 24.5 Å². The van der Waals surface area contributed by atoms with E-state index in [1.807, 2.05) is 0 Å². The molecule has 2 heterocycles. The molecule has 0 saturated carbocycles. The van der Waals surface area contributed by atoms with E-state index in [1.54, 1.807) is 0 Å². The normalized spacial score (nSPS) is 11.8. The second-order valence-corrected chi connectivity index (χ2v) is 8.52. The maximum Gasteiger partial charge on any atom is 0.340 e. The molecule has 0 radical (unpaired) electrons. The van der Waals surface area contributed by atoms with Crippen LogP contribution in [0, 0.1) is 5.82 Å². The third kappa shape index (κ3) is 3.17. The Kier molecular flexibility index (Phi) is 4.43. The Hall–Kier alpha value is -3.18. The Balaban J connectivity index is 1.94. The summed E-state index contributed by atoms with van der Waals surface area (Å²) in [5.41, 5.74) is -1.39. The first kappa shape index (κ1) is 19.2. The molecule has 11 heteroatoms. The van der Waals surface area contributed by atoms with Crippen molar-refractivity contribution in [2.75, 3.05) is 4.72 Å². The molecule has 2 aromatic heterocycles. The maximum absolute atomic E-state index is 13.3. The number of hydrogen-bond acceptors (Lipinski definition) is 5. The lowest BCUT2D eigenvalue weighted by atomic mass is 10.1. The van der Waals surface area contributed by atoms with Crippen molar-refractivity contribution in [1.29, 1.82) is 0 Å². The molecule has 0 saturated heterocycles. The maximum atomic E-state index is 13.3. The number of halogens is 2. The fourth-order valence-corrected chi connectivity index (χ4v) is 5.15. The Morgan fingerprint density at radius 2 is 1.93 bits per heavy atom. The number of carboxylic acids is 1. The third-order valence-electron chi connectivity index (χ3n) is 4.25. The molecule has 8 nitrogen and oxygen atoms in total. The minimum Gasteiger partial charge on any atom is -0.478 e. The molecular formula is C18H10BrFN2O6S. The molecule has 0 aliphatic heterocycles. The summed E-state index contributed by atoms with van der Waals surface area (Å²) in [4.78, 5) is 26.3. The van der Waals surface area contributed by atoms with Crippen LogP contribution in [0.4, 0.5) is 10.1 Å². The number of sulfonamides is 1. The van der Waals surface area contributed by atoms with Crippen LogP contribution in [0.1, 0.15) is 10.4 Å². The topological polar surface area (TPSA) is 129 Å². The minimum atomic E-state index is -4.26. The molecule has 148 valence electrons. The average molecular weight is 481 g/mol. The Morgan fingerprint density at radius 3 is 2.62 bits per heavy atom. The zero-order valence-corrected chi connectivity index (χ0v) is 16.6. The van der Waals surface area contributed by atoms with Gasteiger partial charge in [-0.3, -0.25) is 9.52 Å². The molecule has 0 unspecified atom stereocenters. The van der Waals surface area contributed by atoms with E-state index in [0.717, 1.165) is 18.2 Å². The number of nitrogens with one attached hydrogen (secondary N) is 2. The summed E-state index contributed by atoms with van der Waals surface area (Å²) in [6, 6.07) is 7.22. The van der Waals surface area contributed by atoms with E-state index in [2.05, 4.69) is 25.6 Å². The van der Waals surface area contributed by atoms with Gasteiger partial charge >= 0.3 is 5.97 Å². The molecule has 2 aromatic carbocycles. The van der Waals surface area contributed by atoms with Crippen LogP contribution < -0.4 is 10.3 Å². The van der Waals surface area contributed by atoms with Crippen molar-refractivity contribution >= 4 is 59.5 Å². The van der Waals surface area contributed by atoms with Gasteiger partial charge in [0, 0.05) is 15.2 Å². The van der Waals surface area contributed by atoms with Crippen LogP contribution in [0.2, 0.25) is 0 Å². The lowest BCUT2D eigenvalue weighted by Crippen LogP contribution is -2.17. The number of rotatable bonds is 4. The van der Waals surface area contributed by atoms with Gasteiger partial charge in [-0.2, -0.15) is 0 Å². The molecule has 0 amide bonds. The quantitative estimate of drug-likeness (QED) is 0.408. The number of H-pyrrole nitrogens is 1. The number of anilines is 1. The Bertz CT molecular complexity index is 1480. The van der Waals surface area contributed by atoms with Gasteiger partial charge in [0.2, 0.25) is 0 Å². The smallest absolute Gasteiger partial charge is 0.340 e. The number of aromatic amines is 1. The first-order valence-corrected chi connectivity index (χ1v) is 10.2. The lowest BCUT2D eigenvalue weighted by Gasteiger charge is -2.13. The van der Waals surface area contributed by atoms with Crippen molar-refractivity contribution in [1.82, 2.24) is 4.98 Å². The van der Waals surface area contributed by atoms with E-state index in [9.17, 15) is 27.5 Å². The molecule has 0 aliphatic carbocycles. The van der Waals surface area contributed by atoms with Gasteiger partial charge in [-0.25, -0.2) is 17.6 Å². The standard InChI is InChI=1S/C18H10BrFN2O6S/c19-11-7-8(20)1-4-13(11)29(26,27)22-12-3-2-9-10-5-6-28-16(10)17(23)21-15(9)14(12)18(24)25/h1-7,22H,(H,21,23)(H,24,25). The van der Waals surface area contributed by atoms with Crippen molar-refractivity contribution in [2.45, 2.75) is 4.90 Å². The van der Waals surface area contributed by atoms with Crippen LogP contribution in [0.25, 0.3) is 21.9 Å². The number of furan rings is 1. The van der Waals surface area contributed by atoms with Crippen molar-refractivity contribution < 1.29 is 27.1 Å². The fourth-order valence-electron chi connectivity index (χ4n) is 3.02. The highest BCUT2D eigenvalue weighted by Gasteiger charge is 2.24. The summed E-state index contributed by atoms with van der Waals surface area (Å²) >= 11 is 2.98. The van der Waals surface area contributed by atoms with Crippen molar-refractivity contribution in [2.24, 2.45) is 0 Å². The number of carboxylic acid groups (broad SMARTS) is 1. The number of aromatic nitrogens is 1. The SMILES string of the molecule is O=C(O)c1c(NS(=O)(=O)c2ccc(F)cc2Br)ccc2c1[nH]c(=O)c1occc12. The lowest BCUT2D eigenvalue weighted by molar-refractivity contribution is 0.0700. The van der Waals surface area contributed by atoms with Gasteiger partial charge in [-0.05, 0) is 46.3 Å². The van der Waals surface area contributed by atoms with Crippen LogP contribution in [-0.4, -0.2) is 24.5 Å². The third-order valence-corrected chi connectivity index (χ3v) is 6.59. The summed E-state index contributed by atoms with van der Waals surface area (Å²) in [5.74, 6) is -2.10. The second kappa shape index (κ2) is 6.71. The van der Waals surface area contributed by atoms with E-state index in [-0.39, 0.29) is 26.2 Å². The summed E-state index contributed by atoms with van der Waals surface area (Å²) in [6.07, 6.45) is 1.29. The van der Waals surface area contributed by atoms with E-state index in [4.69, 9.17) is 4.42 Å². The van der Waals surface area contributed by atoms with Crippen LogP contribution >= 0.6 is 15.9 Å². The van der Waals surface area contributed by atoms with Crippen LogP contribution in [-0.2, 0) is 10.0 Å². The first-order valence-electron chi connectivity index (χ1n) is 7.96. The highest BCUT2D eigenvalue weighted by Crippen LogP contribution is 2.32. The zero-order valence-electron chi connectivity index (χ0n) is 14.2. The number of carbonyl (C=O) groups is 1. The number of benzene rings is 2. The molecule has 0 bridgehead atoms. The van der Waals surface area contributed by atoms with Gasteiger partial charge in [0.25, 0.3) is 15.6 Å². The van der Waals surface area contributed by atoms with Gasteiger partial charge in [-0.15, -0.1) is 0 Å². The largest absolute Gasteiger partial charge is 0.478 e. The number of pyridine rings is 1. The van der Waals surface area contributed by atoms with Gasteiger partial charge in [0.15, 0.2) is 5.58 Å². The molecule has 4 rings (SSSR count). The molecule has 0 aliphatic rings. The minimum absolute atomic E-state index is 0.0254. The summed E-state index contributed by atoms with van der Waals surface area (Å²) in [5, 5.41) is 10.5. The molecule has 0 spiro atoms. The van der Waals surface area contributed by atoms with Crippen molar-refractivity contribution in [3.05, 3.63) is 68.9 Å². The molecule has 3 N–H and O–H groups in total. The molecular weight excluding hydrogens is 471 g/mol. The molecule has 0 atom stereocenters. The van der Waals surface area contributed by atoms with E-state index < -0.39 is 32.9 Å². The number of fused-ring (bicyclic) bond motifs is 3. The Labute approximate surface area is 170 Å². The molecule has 4 aromatic rings. The Morgan fingerprint density at radius 1 is 1.17 bits per heavy atom. The van der Waals surface area contributed by atoms with Crippen molar-refractivity contribution in [3.8, 4) is 0 Å². The van der Waals surface area contributed by atoms with Crippen LogP contribution in [0.15, 0.2) is 61.2 Å². The van der Waals surface area contributed by atoms with Gasteiger partial charge < -0.3 is 14.5 Å². The average Bonchev–Trinajstić information content (AvgIpc) is 3.11.